The molecule has 110 valence electrons. The molecule has 1 nitrogen and oxygen atoms in total. The van der Waals surface area contributed by atoms with Crippen molar-refractivity contribution in [2.24, 2.45) is 0 Å². The summed E-state index contributed by atoms with van der Waals surface area (Å²) < 4.78 is 29.9. The number of likely N-dealkylation sites (tertiary alicyclic amines) is 1. The van der Waals surface area contributed by atoms with Crippen molar-refractivity contribution in [2.45, 2.75) is 56.4 Å². The second-order valence-electron chi connectivity index (χ2n) is 6.19. The van der Waals surface area contributed by atoms with E-state index >= 15 is 0 Å². The fourth-order valence-electron chi connectivity index (χ4n) is 4.03. The molecule has 1 aromatic rings. The van der Waals surface area contributed by atoms with Gasteiger partial charge < -0.3 is 0 Å². The van der Waals surface area contributed by atoms with Crippen LogP contribution in [0.3, 0.4) is 0 Å². The van der Waals surface area contributed by atoms with Crippen LogP contribution in [0.25, 0.3) is 0 Å². The van der Waals surface area contributed by atoms with Gasteiger partial charge in [0.2, 0.25) is 0 Å². The normalized spacial score (nSPS) is 31.1. The van der Waals surface area contributed by atoms with Crippen LogP contribution in [0.5, 0.6) is 0 Å². The van der Waals surface area contributed by atoms with E-state index in [1.54, 1.807) is 0 Å². The van der Waals surface area contributed by atoms with E-state index in [2.05, 4.69) is 4.90 Å². The summed E-state index contributed by atoms with van der Waals surface area (Å²) in [6.45, 7) is 1.62. The van der Waals surface area contributed by atoms with Crippen molar-refractivity contribution in [3.63, 3.8) is 0 Å². The molecular weight excluding hydrogens is 256 g/mol. The number of rotatable bonds is 2. The van der Waals surface area contributed by atoms with Gasteiger partial charge in [0.05, 0.1) is 0 Å². The maximum absolute atomic E-state index is 15.0. The lowest BCUT2D eigenvalue weighted by molar-refractivity contribution is -0.179. The molecule has 0 amide bonds. The number of piperidine rings is 1. The molecule has 1 saturated heterocycles. The Morgan fingerprint density at radius 3 is 2.10 bits per heavy atom. The van der Waals surface area contributed by atoms with Gasteiger partial charge in [-0.1, -0.05) is 43.2 Å². The maximum atomic E-state index is 15.0. The summed E-state index contributed by atoms with van der Waals surface area (Å²) in [6.07, 6.45) is 5.43. The summed E-state index contributed by atoms with van der Waals surface area (Å²) in [6, 6.07) is 9.49. The van der Waals surface area contributed by atoms with Crippen LogP contribution in [0.2, 0.25) is 0 Å². The van der Waals surface area contributed by atoms with E-state index in [1.165, 1.54) is 6.42 Å². The van der Waals surface area contributed by atoms with Crippen molar-refractivity contribution < 1.29 is 8.78 Å². The minimum atomic E-state index is -2.62. The lowest BCUT2D eigenvalue weighted by atomic mass is 9.71. The first kappa shape index (κ1) is 14.0. The Bertz CT molecular complexity index is 440. The number of benzene rings is 1. The van der Waals surface area contributed by atoms with Gasteiger partial charge in [-0.25, -0.2) is 8.78 Å². The highest BCUT2D eigenvalue weighted by molar-refractivity contribution is 5.29. The Morgan fingerprint density at radius 2 is 1.45 bits per heavy atom. The number of nitrogens with zero attached hydrogens (tertiary/aromatic N) is 1. The Morgan fingerprint density at radius 1 is 0.800 bits per heavy atom. The molecule has 1 aliphatic carbocycles. The zero-order valence-electron chi connectivity index (χ0n) is 12.0. The third kappa shape index (κ3) is 2.16. The Kier molecular flexibility index (Phi) is 3.80. The summed E-state index contributed by atoms with van der Waals surface area (Å²) in [4.78, 5) is 2.09. The van der Waals surface area contributed by atoms with Crippen LogP contribution in [0.1, 0.15) is 50.5 Å². The average molecular weight is 279 g/mol. The van der Waals surface area contributed by atoms with Crippen LogP contribution in [-0.4, -0.2) is 23.9 Å². The lowest BCUT2D eigenvalue weighted by Gasteiger charge is -2.52. The summed E-state index contributed by atoms with van der Waals surface area (Å²) in [5.41, 5.74) is -0.251. The molecule has 0 aromatic heterocycles. The van der Waals surface area contributed by atoms with Crippen LogP contribution in [-0.2, 0) is 5.54 Å². The second kappa shape index (κ2) is 5.44. The van der Waals surface area contributed by atoms with Crippen molar-refractivity contribution in [1.82, 2.24) is 4.90 Å². The highest BCUT2D eigenvalue weighted by atomic mass is 19.3. The predicted molar refractivity (Wildman–Crippen MR) is 77.0 cm³/mol. The van der Waals surface area contributed by atoms with Gasteiger partial charge in [0.25, 0.3) is 5.92 Å². The zero-order valence-corrected chi connectivity index (χ0v) is 12.0. The van der Waals surface area contributed by atoms with Gasteiger partial charge in [-0.05, 0) is 44.3 Å². The number of alkyl halides is 2. The first-order valence-corrected chi connectivity index (χ1v) is 7.85. The predicted octanol–water partition coefficient (Wildman–Crippen LogP) is 4.58. The molecule has 0 unspecified atom stereocenters. The molecule has 0 N–H and O–H groups in total. The van der Waals surface area contributed by atoms with E-state index < -0.39 is 11.5 Å². The van der Waals surface area contributed by atoms with Crippen LogP contribution < -0.4 is 0 Å². The molecule has 20 heavy (non-hydrogen) atoms. The van der Waals surface area contributed by atoms with E-state index in [-0.39, 0.29) is 6.42 Å². The number of hydrogen-bond donors (Lipinski definition) is 0. The molecular formula is C17H23F2N. The molecule has 3 heteroatoms. The highest BCUT2D eigenvalue weighted by Gasteiger charge is 2.58. The molecule has 3 rings (SSSR count). The Labute approximate surface area is 120 Å². The quantitative estimate of drug-likeness (QED) is 0.766. The first-order chi connectivity index (χ1) is 9.67. The molecule has 2 aliphatic rings. The second-order valence-corrected chi connectivity index (χ2v) is 6.19. The summed E-state index contributed by atoms with van der Waals surface area (Å²) in [7, 11) is 0. The minimum Gasteiger partial charge on any atom is -0.289 e. The van der Waals surface area contributed by atoms with Crippen molar-refractivity contribution in [2.75, 3.05) is 13.1 Å². The number of halogens is 2. The third-order valence-electron chi connectivity index (χ3n) is 5.03. The molecule has 0 radical (unpaired) electrons. The van der Waals surface area contributed by atoms with Gasteiger partial charge in [0, 0.05) is 6.42 Å². The molecule has 0 spiro atoms. The van der Waals surface area contributed by atoms with E-state index in [0.717, 1.165) is 37.9 Å². The van der Waals surface area contributed by atoms with E-state index in [1.807, 2.05) is 30.3 Å². The van der Waals surface area contributed by atoms with Gasteiger partial charge in [-0.2, -0.15) is 0 Å². The molecule has 1 saturated carbocycles. The number of hydrogen-bond acceptors (Lipinski definition) is 1. The van der Waals surface area contributed by atoms with Gasteiger partial charge >= 0.3 is 0 Å². The lowest BCUT2D eigenvalue weighted by Crippen LogP contribution is -2.60. The van der Waals surface area contributed by atoms with Gasteiger partial charge in [0.1, 0.15) is 5.54 Å². The Balaban J connectivity index is 2.06. The average Bonchev–Trinajstić information content (AvgIpc) is 2.49. The molecule has 1 aliphatic heterocycles. The van der Waals surface area contributed by atoms with Crippen LogP contribution >= 0.6 is 0 Å². The molecule has 0 bridgehead atoms. The zero-order chi connectivity index (χ0) is 14.1. The van der Waals surface area contributed by atoms with Crippen molar-refractivity contribution in [1.29, 1.82) is 0 Å². The largest absolute Gasteiger partial charge is 0.289 e. The van der Waals surface area contributed by atoms with Crippen LogP contribution in [0.15, 0.2) is 30.3 Å². The van der Waals surface area contributed by atoms with Crippen molar-refractivity contribution >= 4 is 0 Å². The van der Waals surface area contributed by atoms with E-state index in [0.29, 0.717) is 12.8 Å². The fraction of sp³-hybridized carbons (Fsp3) is 0.647. The first-order valence-electron chi connectivity index (χ1n) is 7.85. The van der Waals surface area contributed by atoms with Gasteiger partial charge in [-0.3, -0.25) is 4.90 Å². The highest BCUT2D eigenvalue weighted by Crippen LogP contribution is 2.52. The van der Waals surface area contributed by atoms with E-state index in [4.69, 9.17) is 0 Å². The third-order valence-corrected chi connectivity index (χ3v) is 5.03. The van der Waals surface area contributed by atoms with Gasteiger partial charge in [-0.15, -0.1) is 0 Å². The smallest absolute Gasteiger partial charge is 0.270 e. The Hall–Kier alpha value is -0.960. The van der Waals surface area contributed by atoms with Crippen molar-refractivity contribution in [3.05, 3.63) is 35.9 Å². The molecule has 1 atom stereocenters. The standard InChI is InChI=1S/C17H23F2N/c18-17(19)12-6-5-11-16(17,15-9-3-1-4-10-15)20-13-7-2-8-14-20/h1,3-4,9-10H,2,5-8,11-14H2/t16-/m1/s1. The summed E-state index contributed by atoms with van der Waals surface area (Å²) in [5.74, 6) is -2.62. The topological polar surface area (TPSA) is 3.24 Å². The fourth-order valence-corrected chi connectivity index (χ4v) is 4.03. The van der Waals surface area contributed by atoms with E-state index in [9.17, 15) is 8.78 Å². The molecule has 1 aromatic carbocycles. The monoisotopic (exact) mass is 279 g/mol. The summed E-state index contributed by atoms with van der Waals surface area (Å²) >= 11 is 0. The minimum absolute atomic E-state index is 0.0262. The van der Waals surface area contributed by atoms with Crippen LogP contribution in [0, 0.1) is 0 Å². The summed E-state index contributed by atoms with van der Waals surface area (Å²) in [5, 5.41) is 0. The van der Waals surface area contributed by atoms with Gasteiger partial charge in [0.15, 0.2) is 0 Å². The SMILES string of the molecule is FC1(F)CCCC[C@]1(c1ccccc1)N1CCCCC1. The molecule has 1 heterocycles. The molecule has 2 fully saturated rings. The van der Waals surface area contributed by atoms with Crippen molar-refractivity contribution in [3.8, 4) is 0 Å². The van der Waals surface area contributed by atoms with Crippen LogP contribution in [0.4, 0.5) is 8.78 Å². The maximum Gasteiger partial charge on any atom is 0.270 e.